The van der Waals surface area contributed by atoms with Crippen LogP contribution in [0.15, 0.2) is 170 Å². The quantitative estimate of drug-likeness (QED) is 0.127. The maximum Gasteiger partial charge on any atom is 0.805 e. The molecule has 0 aliphatic rings. The molecule has 0 fully saturated rings. The van der Waals surface area contributed by atoms with Crippen molar-refractivity contribution in [2.75, 3.05) is 0 Å². The van der Waals surface area contributed by atoms with Crippen molar-refractivity contribution in [2.45, 2.75) is 14.4 Å². The second kappa shape index (κ2) is 17.4. The van der Waals surface area contributed by atoms with Crippen LogP contribution >= 0.6 is 16.1 Å². The van der Waals surface area contributed by atoms with Crippen molar-refractivity contribution in [1.82, 2.24) is 0 Å². The molecule has 0 atom stereocenters. The zero-order valence-corrected chi connectivity index (χ0v) is 26.7. The number of hydrogen-bond acceptors (Lipinski definition) is 7. The summed E-state index contributed by atoms with van der Waals surface area (Å²) < 4.78 is 52.2. The van der Waals surface area contributed by atoms with Gasteiger partial charge in [-0.05, 0) is 78.7 Å². The molecule has 47 heavy (non-hydrogen) atoms. The Morgan fingerprint density at radius 3 is 1.09 bits per heavy atom. The van der Waals surface area contributed by atoms with E-state index in [-0.39, 0.29) is 7.43 Å². The minimum Gasteiger partial charge on any atom is -0.386 e. The van der Waals surface area contributed by atoms with Crippen LogP contribution in [0.2, 0.25) is 0 Å². The smallest absolute Gasteiger partial charge is 0.386 e. The molecule has 0 amide bonds. The van der Waals surface area contributed by atoms with Crippen molar-refractivity contribution < 1.29 is 31.7 Å². The van der Waals surface area contributed by atoms with Gasteiger partial charge in [0.2, 0.25) is 0 Å². The van der Waals surface area contributed by atoms with Crippen molar-refractivity contribution in [3.05, 3.63) is 175 Å². The summed E-state index contributed by atoms with van der Waals surface area (Å²) in [5.41, 5.74) is 3.33. The Bertz CT molecular complexity index is 1750. The zero-order chi connectivity index (χ0) is 32.0. The van der Waals surface area contributed by atoms with Gasteiger partial charge in [-0.3, -0.25) is 0 Å². The molecule has 0 saturated heterocycles. The maximum atomic E-state index is 13.4. The molecule has 0 saturated carbocycles. The number of hydrogen-bond donors (Lipinski definition) is 0. The van der Waals surface area contributed by atoms with Gasteiger partial charge >= 0.3 is 16.1 Å². The van der Waals surface area contributed by atoms with Gasteiger partial charge in [0.05, 0.1) is 0 Å². The average molecular weight is 666 g/mol. The molecule has 0 radical (unpaired) electrons. The first-order valence-corrected chi connectivity index (χ1v) is 16.9. The SMILES string of the molecule is C.Cc1ccc(-c2ccc(OP(=O)(Oc3ccccc3)Oc3ccccc3)cc2)cc1.O=[P+](Oc1ccccc1)Oc1ccccc1. The maximum absolute atomic E-state index is 13.4. The summed E-state index contributed by atoms with van der Waals surface area (Å²) in [5.74, 6) is 2.24. The Morgan fingerprint density at radius 1 is 0.426 bits per heavy atom. The van der Waals surface area contributed by atoms with E-state index in [1.54, 1.807) is 109 Å². The van der Waals surface area contributed by atoms with Crippen molar-refractivity contribution in [3.63, 3.8) is 0 Å². The lowest BCUT2D eigenvalue weighted by Crippen LogP contribution is -2.07. The fourth-order valence-corrected chi connectivity index (χ4v) is 5.89. The summed E-state index contributed by atoms with van der Waals surface area (Å²) >= 11 is 0. The highest BCUT2D eigenvalue weighted by molar-refractivity contribution is 7.49. The third kappa shape index (κ3) is 11.2. The summed E-state index contributed by atoms with van der Waals surface area (Å²) in [5, 5.41) is 0. The van der Waals surface area contributed by atoms with E-state index in [4.69, 9.17) is 22.6 Å². The average Bonchev–Trinajstić information content (AvgIpc) is 3.07. The lowest BCUT2D eigenvalue weighted by molar-refractivity contribution is 0.298. The molecule has 6 aromatic carbocycles. The van der Waals surface area contributed by atoms with Crippen molar-refractivity contribution in [3.8, 4) is 39.9 Å². The van der Waals surface area contributed by atoms with E-state index in [1.807, 2.05) is 36.4 Å². The monoisotopic (exact) mass is 665 g/mol. The molecule has 0 heterocycles. The van der Waals surface area contributed by atoms with Crippen LogP contribution < -0.4 is 22.6 Å². The third-order valence-electron chi connectivity index (χ3n) is 6.22. The summed E-state index contributed by atoms with van der Waals surface area (Å²) in [4.78, 5) is 0. The van der Waals surface area contributed by atoms with Crippen LogP contribution in [-0.2, 0) is 9.13 Å². The molecule has 9 heteroatoms. The van der Waals surface area contributed by atoms with Crippen LogP contribution in [-0.4, -0.2) is 0 Å². The van der Waals surface area contributed by atoms with Crippen LogP contribution in [0.3, 0.4) is 0 Å². The van der Waals surface area contributed by atoms with Gasteiger partial charge in [-0.2, -0.15) is 4.57 Å². The normalized spacial score (nSPS) is 10.2. The molecule has 6 aromatic rings. The van der Waals surface area contributed by atoms with Crippen LogP contribution in [0.1, 0.15) is 13.0 Å². The molecule has 0 aliphatic heterocycles. The molecule has 0 aromatic heterocycles. The Morgan fingerprint density at radius 2 is 0.723 bits per heavy atom. The number of para-hydroxylation sites is 4. The van der Waals surface area contributed by atoms with Crippen LogP contribution in [0.25, 0.3) is 11.1 Å². The molecule has 0 bridgehead atoms. The zero-order valence-electron chi connectivity index (χ0n) is 24.9. The van der Waals surface area contributed by atoms with E-state index in [1.165, 1.54) is 5.56 Å². The molecule has 6 rings (SSSR count). The number of phosphoric ester groups is 1. The number of aryl methyl sites for hydroxylation is 1. The minimum atomic E-state index is -3.98. The minimum absolute atomic E-state index is 0. The van der Waals surface area contributed by atoms with Crippen LogP contribution in [0.4, 0.5) is 0 Å². The van der Waals surface area contributed by atoms with Gasteiger partial charge in [0.1, 0.15) is 17.2 Å². The summed E-state index contributed by atoms with van der Waals surface area (Å²) in [7, 11) is -6.16. The first kappa shape index (κ1) is 34.5. The van der Waals surface area contributed by atoms with E-state index >= 15 is 0 Å². The molecule has 0 N–H and O–H groups in total. The Kier molecular flexibility index (Phi) is 12.8. The van der Waals surface area contributed by atoms with Gasteiger partial charge in [0, 0.05) is 4.57 Å². The fraction of sp³-hybridized carbons (Fsp3) is 0.0526. The topological polar surface area (TPSA) is 80.3 Å². The fourth-order valence-electron chi connectivity index (χ4n) is 4.01. The Labute approximate surface area is 276 Å². The number of phosphoric acid groups is 1. The lowest BCUT2D eigenvalue weighted by atomic mass is 10.0. The van der Waals surface area contributed by atoms with Gasteiger partial charge in [-0.1, -0.05) is 122 Å². The number of rotatable bonds is 11. The van der Waals surface area contributed by atoms with E-state index in [2.05, 4.69) is 31.2 Å². The van der Waals surface area contributed by atoms with Crippen molar-refractivity contribution in [1.29, 1.82) is 0 Å². The summed E-state index contributed by atoms with van der Waals surface area (Å²) in [6.45, 7) is 2.05. The van der Waals surface area contributed by atoms with Gasteiger partial charge in [0.15, 0.2) is 11.5 Å². The van der Waals surface area contributed by atoms with Crippen molar-refractivity contribution in [2.24, 2.45) is 0 Å². The van der Waals surface area contributed by atoms with Crippen LogP contribution in [0.5, 0.6) is 28.7 Å². The molecular formula is C38H35O7P2+. The van der Waals surface area contributed by atoms with Gasteiger partial charge < -0.3 is 13.6 Å². The molecular weight excluding hydrogens is 630 g/mol. The van der Waals surface area contributed by atoms with Crippen LogP contribution in [0, 0.1) is 6.92 Å². The number of benzene rings is 6. The van der Waals surface area contributed by atoms with E-state index in [0.29, 0.717) is 28.7 Å². The van der Waals surface area contributed by atoms with E-state index < -0.39 is 16.1 Å². The first-order chi connectivity index (χ1) is 22.4. The van der Waals surface area contributed by atoms with E-state index in [0.717, 1.165) is 11.1 Å². The molecule has 238 valence electrons. The molecule has 0 unspecified atom stereocenters. The van der Waals surface area contributed by atoms with Gasteiger partial charge in [-0.25, -0.2) is 9.05 Å². The lowest BCUT2D eigenvalue weighted by Gasteiger charge is -2.19. The van der Waals surface area contributed by atoms with Gasteiger partial charge in [-0.15, -0.1) is 0 Å². The van der Waals surface area contributed by atoms with E-state index in [9.17, 15) is 9.13 Å². The summed E-state index contributed by atoms with van der Waals surface area (Å²) in [6, 6.07) is 51.1. The highest BCUT2D eigenvalue weighted by atomic mass is 31.2. The first-order valence-electron chi connectivity index (χ1n) is 14.3. The predicted octanol–water partition coefficient (Wildman–Crippen LogP) is 11.7. The Hall–Kier alpha value is -5.35. The second-order valence-corrected chi connectivity index (χ2v) is 12.0. The van der Waals surface area contributed by atoms with Crippen molar-refractivity contribution >= 4 is 16.1 Å². The third-order valence-corrected chi connectivity index (χ3v) is 8.25. The van der Waals surface area contributed by atoms with Gasteiger partial charge in [0.25, 0.3) is 0 Å². The standard InChI is InChI=1S/C25H21O4P.C12H10O3P.CH4/c1-20-12-14-21(15-13-20)22-16-18-25(19-17-22)29-30(26,27-23-8-4-2-5-9-23)28-24-10-6-3-7-11-24;13-16(14-11-7-3-1-4-8-11)15-12-9-5-2-6-10-12;/h2-19H,1H3;1-10H;1H4/q;+1;. The molecule has 7 nitrogen and oxygen atoms in total. The highest BCUT2D eigenvalue weighted by Crippen LogP contribution is 2.49. The second-order valence-electron chi connectivity index (χ2n) is 9.77. The predicted molar refractivity (Wildman–Crippen MR) is 187 cm³/mol. The largest absolute Gasteiger partial charge is 0.805 e. The highest BCUT2D eigenvalue weighted by Gasteiger charge is 2.33. The Balaban J connectivity index is 0.000000249. The molecule has 0 aliphatic carbocycles. The molecule has 0 spiro atoms. The summed E-state index contributed by atoms with van der Waals surface area (Å²) in [6.07, 6.45) is 0.